The van der Waals surface area contributed by atoms with E-state index in [1.807, 2.05) is 6.07 Å². The predicted octanol–water partition coefficient (Wildman–Crippen LogP) is 3.19. The lowest BCUT2D eigenvalue weighted by molar-refractivity contribution is 0.0970. The largest absolute Gasteiger partial charge is 0.500 e. The molecule has 0 atom stereocenters. The van der Waals surface area contributed by atoms with E-state index in [1.54, 1.807) is 14.2 Å². The first-order valence-electron chi connectivity index (χ1n) is 6.65. The summed E-state index contributed by atoms with van der Waals surface area (Å²) in [7, 11) is 0.893. The van der Waals surface area contributed by atoms with Crippen molar-refractivity contribution in [2.45, 2.75) is 25.3 Å². The second-order valence-corrected chi connectivity index (χ2v) is 7.77. The molecule has 0 radical (unpaired) electrons. The van der Waals surface area contributed by atoms with Gasteiger partial charge in [-0.25, -0.2) is 0 Å². The van der Waals surface area contributed by atoms with E-state index >= 15 is 0 Å². The molecule has 0 aliphatic rings. The highest BCUT2D eigenvalue weighted by molar-refractivity contribution is 7.80. The fourth-order valence-corrected chi connectivity index (χ4v) is 4.40. The van der Waals surface area contributed by atoms with Gasteiger partial charge in [0.15, 0.2) is 0 Å². The number of aryl methyl sites for hydroxylation is 1. The number of thiol groups is 1. The van der Waals surface area contributed by atoms with E-state index in [4.69, 9.17) is 13.3 Å². The highest BCUT2D eigenvalue weighted by atomic mass is 32.1. The van der Waals surface area contributed by atoms with Gasteiger partial charge in [0.25, 0.3) is 0 Å². The van der Waals surface area contributed by atoms with Crippen molar-refractivity contribution in [3.05, 3.63) is 35.9 Å². The fourth-order valence-electron chi connectivity index (χ4n) is 1.92. The van der Waals surface area contributed by atoms with Crippen molar-refractivity contribution in [2.24, 2.45) is 0 Å². The quantitative estimate of drug-likeness (QED) is 0.408. The Balaban J connectivity index is 2.32. The minimum Gasteiger partial charge on any atom is -0.377 e. The molecule has 1 aromatic rings. The molecule has 3 nitrogen and oxygen atoms in total. The van der Waals surface area contributed by atoms with Crippen LogP contribution in [0.25, 0.3) is 0 Å². The third-order valence-corrected chi connectivity index (χ3v) is 6.21. The average Bonchev–Trinajstić information content (AvgIpc) is 2.48. The molecule has 1 aromatic carbocycles. The zero-order valence-corrected chi connectivity index (χ0v) is 13.7. The summed E-state index contributed by atoms with van der Waals surface area (Å²) in [5, 5.41) is 0. The molecular weight excluding hydrogens is 276 g/mol. The molecule has 0 aromatic heterocycles. The third-order valence-electron chi connectivity index (χ3n) is 3.04. The maximum atomic E-state index is 5.91. The van der Waals surface area contributed by atoms with Crippen molar-refractivity contribution in [1.82, 2.24) is 0 Å². The zero-order chi connectivity index (χ0) is 14.0. The van der Waals surface area contributed by atoms with Crippen LogP contribution in [0.15, 0.2) is 30.3 Å². The van der Waals surface area contributed by atoms with E-state index in [9.17, 15) is 0 Å². The first-order chi connectivity index (χ1) is 9.26. The molecule has 0 bridgehead atoms. The summed E-state index contributed by atoms with van der Waals surface area (Å²) in [6.45, 7) is 0.676. The Labute approximate surface area is 123 Å². The van der Waals surface area contributed by atoms with E-state index in [0.29, 0.717) is 6.61 Å². The van der Waals surface area contributed by atoms with Crippen LogP contribution in [-0.2, 0) is 19.7 Å². The molecule has 0 heterocycles. The van der Waals surface area contributed by atoms with Crippen LogP contribution < -0.4 is 0 Å². The second kappa shape index (κ2) is 9.55. The molecule has 0 saturated carbocycles. The summed E-state index contributed by atoms with van der Waals surface area (Å²) in [6, 6.07) is 11.3. The Kier molecular flexibility index (Phi) is 8.41. The van der Waals surface area contributed by atoms with Gasteiger partial charge < -0.3 is 13.3 Å². The Morgan fingerprint density at radius 1 is 1.05 bits per heavy atom. The molecule has 0 N–H and O–H groups in total. The molecular formula is C14H24O3SSi. The second-order valence-electron chi connectivity index (χ2n) is 4.36. The Bertz CT molecular complexity index is 331. The van der Waals surface area contributed by atoms with Crippen LogP contribution in [0.5, 0.6) is 0 Å². The van der Waals surface area contributed by atoms with Gasteiger partial charge in [0.05, 0.1) is 0 Å². The van der Waals surface area contributed by atoms with E-state index in [-0.39, 0.29) is 0 Å². The summed E-state index contributed by atoms with van der Waals surface area (Å²) in [4.78, 5) is 0. The van der Waals surface area contributed by atoms with Gasteiger partial charge in [0, 0.05) is 26.9 Å². The van der Waals surface area contributed by atoms with Crippen molar-refractivity contribution in [1.29, 1.82) is 0 Å². The van der Waals surface area contributed by atoms with Crippen LogP contribution in [-0.4, -0.2) is 35.4 Å². The lowest BCUT2D eigenvalue weighted by atomic mass is 10.1. The first kappa shape index (κ1) is 16.7. The minimum absolute atomic E-state index is 0.676. The maximum absolute atomic E-state index is 5.91. The topological polar surface area (TPSA) is 27.7 Å². The number of benzene rings is 1. The summed E-state index contributed by atoms with van der Waals surface area (Å²) >= 11 is 4.22. The molecule has 0 spiro atoms. The van der Waals surface area contributed by atoms with Gasteiger partial charge in [-0.3, -0.25) is 0 Å². The summed E-state index contributed by atoms with van der Waals surface area (Å²) in [5.41, 5.74) is 1.34. The zero-order valence-electron chi connectivity index (χ0n) is 11.8. The predicted molar refractivity (Wildman–Crippen MR) is 83.8 cm³/mol. The molecule has 5 heteroatoms. The van der Waals surface area contributed by atoms with E-state index in [0.717, 1.165) is 31.1 Å². The van der Waals surface area contributed by atoms with Crippen molar-refractivity contribution in [3.8, 4) is 0 Å². The van der Waals surface area contributed by atoms with Crippen LogP contribution in [0.3, 0.4) is 0 Å². The summed E-state index contributed by atoms with van der Waals surface area (Å²) in [6.07, 6.45) is 2.95. The van der Waals surface area contributed by atoms with Gasteiger partial charge in [-0.2, -0.15) is 12.6 Å². The van der Waals surface area contributed by atoms with Crippen molar-refractivity contribution < 1.29 is 13.3 Å². The molecule has 0 aliphatic heterocycles. The van der Waals surface area contributed by atoms with Gasteiger partial charge in [-0.05, 0) is 30.6 Å². The van der Waals surface area contributed by atoms with E-state index < -0.39 is 8.80 Å². The van der Waals surface area contributed by atoms with Gasteiger partial charge in [0.2, 0.25) is 0 Å². The summed E-state index contributed by atoms with van der Waals surface area (Å²) in [5.74, 6) is 0.828. The number of hydrogen-bond acceptors (Lipinski definition) is 4. The smallest absolute Gasteiger partial charge is 0.377 e. The molecule has 0 saturated heterocycles. The monoisotopic (exact) mass is 300 g/mol. The molecule has 0 unspecified atom stereocenters. The highest BCUT2D eigenvalue weighted by Gasteiger charge is 2.37. The molecule has 1 rings (SSSR count). The molecule has 19 heavy (non-hydrogen) atoms. The molecule has 0 amide bonds. The lowest BCUT2D eigenvalue weighted by Crippen LogP contribution is -2.44. The average molecular weight is 300 g/mol. The van der Waals surface area contributed by atoms with Gasteiger partial charge in [-0.1, -0.05) is 30.3 Å². The number of hydrogen-bond donors (Lipinski definition) is 1. The maximum Gasteiger partial charge on any atom is 0.500 e. The molecule has 0 aliphatic carbocycles. The van der Waals surface area contributed by atoms with Crippen molar-refractivity contribution >= 4 is 21.4 Å². The first-order valence-corrected chi connectivity index (χ1v) is 9.22. The normalized spacial score (nSPS) is 11.7. The van der Waals surface area contributed by atoms with Crippen molar-refractivity contribution in [2.75, 3.05) is 26.6 Å². The third kappa shape index (κ3) is 6.10. The van der Waals surface area contributed by atoms with Gasteiger partial charge in [-0.15, -0.1) is 0 Å². The van der Waals surface area contributed by atoms with Crippen LogP contribution in [0, 0.1) is 0 Å². The van der Waals surface area contributed by atoms with Crippen LogP contribution in [0.1, 0.15) is 18.4 Å². The Morgan fingerprint density at radius 3 is 2.32 bits per heavy atom. The van der Waals surface area contributed by atoms with Gasteiger partial charge in [0.1, 0.15) is 0 Å². The summed E-state index contributed by atoms with van der Waals surface area (Å²) < 4.78 is 16.9. The Morgan fingerprint density at radius 2 is 1.74 bits per heavy atom. The Hall–Kier alpha value is -0.333. The standard InChI is InChI=1S/C14H24O3SSi/c1-15-19(16-2,13-7-12-18)17-11-6-10-14-8-4-3-5-9-14/h3-5,8-9,18H,6-7,10-13H2,1-2H3. The molecule has 0 fully saturated rings. The van der Waals surface area contributed by atoms with E-state index in [2.05, 4.69) is 36.9 Å². The van der Waals surface area contributed by atoms with Crippen molar-refractivity contribution in [3.63, 3.8) is 0 Å². The fraction of sp³-hybridized carbons (Fsp3) is 0.571. The SMILES string of the molecule is CO[Si](CCCS)(OC)OCCCc1ccccc1. The van der Waals surface area contributed by atoms with E-state index in [1.165, 1.54) is 5.56 Å². The lowest BCUT2D eigenvalue weighted by Gasteiger charge is -2.26. The minimum atomic E-state index is -2.45. The molecule has 108 valence electrons. The van der Waals surface area contributed by atoms with Crippen LogP contribution in [0.2, 0.25) is 6.04 Å². The van der Waals surface area contributed by atoms with Crippen LogP contribution >= 0.6 is 12.6 Å². The number of rotatable bonds is 10. The van der Waals surface area contributed by atoms with Gasteiger partial charge >= 0.3 is 8.80 Å². The van der Waals surface area contributed by atoms with Crippen LogP contribution in [0.4, 0.5) is 0 Å². The highest BCUT2D eigenvalue weighted by Crippen LogP contribution is 2.17.